The monoisotopic (exact) mass is 323 g/mol. The lowest BCUT2D eigenvalue weighted by Gasteiger charge is -2.14. The molecule has 1 aliphatic rings. The number of fused-ring (bicyclic) bond motifs is 1. The van der Waals surface area contributed by atoms with Crippen molar-refractivity contribution in [2.75, 3.05) is 6.54 Å². The van der Waals surface area contributed by atoms with Crippen LogP contribution in [0.5, 0.6) is 0 Å². The van der Waals surface area contributed by atoms with Crippen molar-refractivity contribution in [3.05, 3.63) is 69.0 Å². The molecular weight excluding hydrogens is 308 g/mol. The molecule has 0 bridgehead atoms. The fraction of sp³-hybridized carbons (Fsp3) is 0.294. The van der Waals surface area contributed by atoms with Crippen LogP contribution in [0.2, 0.25) is 10.0 Å². The van der Waals surface area contributed by atoms with E-state index in [4.69, 9.17) is 23.2 Å². The summed E-state index contributed by atoms with van der Waals surface area (Å²) in [6.07, 6.45) is 2.02. The highest BCUT2D eigenvalue weighted by Gasteiger charge is 2.18. The van der Waals surface area contributed by atoms with Crippen molar-refractivity contribution >= 4 is 23.2 Å². The lowest BCUT2D eigenvalue weighted by atomic mass is 10.1. The first-order valence-electron chi connectivity index (χ1n) is 7.05. The molecule has 0 saturated heterocycles. The highest BCUT2D eigenvalue weighted by molar-refractivity contribution is 6.42. The van der Waals surface area contributed by atoms with E-state index in [1.807, 2.05) is 24.3 Å². The molecule has 0 N–H and O–H groups in total. The van der Waals surface area contributed by atoms with Crippen LogP contribution in [0.15, 0.2) is 36.4 Å². The Morgan fingerprint density at radius 3 is 2.57 bits per heavy atom. The molecule has 0 radical (unpaired) electrons. The summed E-state index contributed by atoms with van der Waals surface area (Å²) < 4.78 is 13.2. The minimum absolute atomic E-state index is 0.147. The van der Waals surface area contributed by atoms with Crippen molar-refractivity contribution in [2.45, 2.75) is 25.9 Å². The number of hydrogen-bond acceptors (Lipinski definition) is 1. The number of rotatable bonds is 4. The average Bonchev–Trinajstić information content (AvgIpc) is 2.84. The van der Waals surface area contributed by atoms with Gasteiger partial charge in [-0.2, -0.15) is 0 Å². The zero-order valence-electron chi connectivity index (χ0n) is 11.6. The van der Waals surface area contributed by atoms with Gasteiger partial charge in [-0.05, 0) is 60.3 Å². The van der Waals surface area contributed by atoms with Crippen LogP contribution in [0.25, 0.3) is 0 Å². The smallest absolute Gasteiger partial charge is 0.123 e. The molecule has 0 aromatic heterocycles. The van der Waals surface area contributed by atoms with Gasteiger partial charge in [-0.3, -0.25) is 4.90 Å². The summed E-state index contributed by atoms with van der Waals surface area (Å²) in [5.41, 5.74) is 3.56. The number of nitrogens with zero attached hydrogens (tertiary/aromatic N) is 1. The Labute approximate surface area is 134 Å². The molecule has 3 rings (SSSR count). The molecule has 4 heteroatoms. The predicted octanol–water partition coefficient (Wildman–Crippen LogP) is 5.08. The second-order valence-electron chi connectivity index (χ2n) is 5.48. The summed E-state index contributed by atoms with van der Waals surface area (Å²) >= 11 is 11.9. The van der Waals surface area contributed by atoms with E-state index in [1.54, 1.807) is 6.07 Å². The minimum atomic E-state index is -0.147. The molecule has 1 aliphatic heterocycles. The summed E-state index contributed by atoms with van der Waals surface area (Å²) in [5, 5.41) is 1.20. The highest BCUT2D eigenvalue weighted by atomic mass is 35.5. The van der Waals surface area contributed by atoms with E-state index in [0.29, 0.717) is 10.0 Å². The summed E-state index contributed by atoms with van der Waals surface area (Å²) in [4.78, 5) is 2.35. The molecule has 110 valence electrons. The van der Waals surface area contributed by atoms with E-state index in [0.717, 1.165) is 38.0 Å². The molecule has 1 nitrogen and oxygen atoms in total. The molecule has 0 unspecified atom stereocenters. The molecule has 0 spiro atoms. The predicted molar refractivity (Wildman–Crippen MR) is 85.3 cm³/mol. The minimum Gasteiger partial charge on any atom is -0.295 e. The van der Waals surface area contributed by atoms with E-state index in [1.165, 1.54) is 17.2 Å². The van der Waals surface area contributed by atoms with Gasteiger partial charge in [0.05, 0.1) is 10.0 Å². The number of aryl methyl sites for hydroxylation is 1. The standard InChI is InChI=1S/C17H16Cl2FN/c18-16-6-3-12(8-17(16)19)2-1-7-21-10-13-4-5-15(20)9-14(13)11-21/h3-6,8-9H,1-2,7,10-11H2. The van der Waals surface area contributed by atoms with Crippen molar-refractivity contribution in [1.82, 2.24) is 4.90 Å². The summed E-state index contributed by atoms with van der Waals surface area (Å²) in [5.74, 6) is -0.147. The Morgan fingerprint density at radius 1 is 0.952 bits per heavy atom. The molecule has 1 heterocycles. The van der Waals surface area contributed by atoms with Crippen LogP contribution in [0.4, 0.5) is 4.39 Å². The largest absolute Gasteiger partial charge is 0.295 e. The summed E-state index contributed by atoms with van der Waals surface area (Å²) in [6, 6.07) is 10.9. The lowest BCUT2D eigenvalue weighted by Crippen LogP contribution is -2.18. The third-order valence-corrected chi connectivity index (χ3v) is 4.62. The van der Waals surface area contributed by atoms with Gasteiger partial charge >= 0.3 is 0 Å². The first kappa shape index (κ1) is 14.8. The molecule has 0 fully saturated rings. The van der Waals surface area contributed by atoms with E-state index < -0.39 is 0 Å². The van der Waals surface area contributed by atoms with Crippen LogP contribution in [-0.4, -0.2) is 11.4 Å². The first-order chi connectivity index (χ1) is 10.1. The van der Waals surface area contributed by atoms with Gasteiger partial charge in [0.15, 0.2) is 0 Å². The molecule has 21 heavy (non-hydrogen) atoms. The second-order valence-corrected chi connectivity index (χ2v) is 6.29. The molecule has 0 aliphatic carbocycles. The lowest BCUT2D eigenvalue weighted by molar-refractivity contribution is 0.280. The normalized spacial score (nSPS) is 14.4. The second kappa shape index (κ2) is 6.35. The van der Waals surface area contributed by atoms with Crippen molar-refractivity contribution in [2.24, 2.45) is 0 Å². The summed E-state index contributed by atoms with van der Waals surface area (Å²) in [6.45, 7) is 2.75. The Kier molecular flexibility index (Phi) is 4.48. The molecular formula is C17H16Cl2FN. The van der Waals surface area contributed by atoms with Crippen LogP contribution in [0.1, 0.15) is 23.1 Å². The van der Waals surface area contributed by atoms with Gasteiger partial charge in [-0.25, -0.2) is 4.39 Å². The zero-order valence-corrected chi connectivity index (χ0v) is 13.1. The number of hydrogen-bond donors (Lipinski definition) is 0. The van der Waals surface area contributed by atoms with Crippen molar-refractivity contribution in [1.29, 1.82) is 0 Å². The van der Waals surface area contributed by atoms with E-state index in [9.17, 15) is 4.39 Å². The maximum atomic E-state index is 13.2. The van der Waals surface area contributed by atoms with Crippen LogP contribution in [-0.2, 0) is 19.5 Å². The zero-order chi connectivity index (χ0) is 14.8. The van der Waals surface area contributed by atoms with Gasteiger partial charge in [-0.1, -0.05) is 35.3 Å². The van der Waals surface area contributed by atoms with Crippen molar-refractivity contribution < 1.29 is 4.39 Å². The number of benzene rings is 2. The Hall–Kier alpha value is -1.09. The average molecular weight is 324 g/mol. The third-order valence-electron chi connectivity index (χ3n) is 3.88. The Bertz CT molecular complexity index is 657. The highest BCUT2D eigenvalue weighted by Crippen LogP contribution is 2.25. The van der Waals surface area contributed by atoms with Crippen LogP contribution in [0.3, 0.4) is 0 Å². The van der Waals surface area contributed by atoms with Crippen LogP contribution < -0.4 is 0 Å². The maximum Gasteiger partial charge on any atom is 0.123 e. The van der Waals surface area contributed by atoms with Crippen LogP contribution >= 0.6 is 23.2 Å². The van der Waals surface area contributed by atoms with Crippen molar-refractivity contribution in [3.63, 3.8) is 0 Å². The molecule has 2 aromatic carbocycles. The Morgan fingerprint density at radius 2 is 1.76 bits per heavy atom. The number of halogens is 3. The Balaban J connectivity index is 1.52. The van der Waals surface area contributed by atoms with Crippen LogP contribution in [0, 0.1) is 5.82 Å². The quantitative estimate of drug-likeness (QED) is 0.758. The van der Waals surface area contributed by atoms with Gasteiger partial charge in [0, 0.05) is 13.1 Å². The fourth-order valence-corrected chi connectivity index (χ4v) is 3.11. The summed E-state index contributed by atoms with van der Waals surface area (Å²) in [7, 11) is 0. The third kappa shape index (κ3) is 3.57. The maximum absolute atomic E-state index is 13.2. The topological polar surface area (TPSA) is 3.24 Å². The fourth-order valence-electron chi connectivity index (χ4n) is 2.79. The molecule has 2 aromatic rings. The van der Waals surface area contributed by atoms with Gasteiger partial charge in [0.1, 0.15) is 5.82 Å². The van der Waals surface area contributed by atoms with Crippen molar-refractivity contribution in [3.8, 4) is 0 Å². The molecule has 0 amide bonds. The van der Waals surface area contributed by atoms with E-state index in [2.05, 4.69) is 4.90 Å². The first-order valence-corrected chi connectivity index (χ1v) is 7.81. The van der Waals surface area contributed by atoms with Gasteiger partial charge in [0.25, 0.3) is 0 Å². The van der Waals surface area contributed by atoms with Gasteiger partial charge in [-0.15, -0.1) is 0 Å². The SMILES string of the molecule is Fc1ccc2c(c1)CN(CCCc1ccc(Cl)c(Cl)c1)C2. The molecule has 0 saturated carbocycles. The van der Waals surface area contributed by atoms with E-state index in [-0.39, 0.29) is 5.82 Å². The molecule has 0 atom stereocenters. The van der Waals surface area contributed by atoms with Gasteiger partial charge < -0.3 is 0 Å². The van der Waals surface area contributed by atoms with E-state index >= 15 is 0 Å². The van der Waals surface area contributed by atoms with Gasteiger partial charge in [0.2, 0.25) is 0 Å².